The molecule has 3 amide bonds. The maximum absolute atomic E-state index is 12.1. The average molecular weight is 276 g/mol. The highest BCUT2D eigenvalue weighted by Crippen LogP contribution is 2.24. The lowest BCUT2D eigenvalue weighted by Gasteiger charge is -2.20. The van der Waals surface area contributed by atoms with Crippen molar-refractivity contribution in [1.29, 1.82) is 0 Å². The number of rotatable bonds is 4. The highest BCUT2D eigenvalue weighted by molar-refractivity contribution is 6.22. The number of esters is 1. The summed E-state index contributed by atoms with van der Waals surface area (Å²) in [6.45, 7) is 0.761. The van der Waals surface area contributed by atoms with E-state index in [1.165, 1.54) is 19.1 Å². The lowest BCUT2D eigenvalue weighted by molar-refractivity contribution is -0.151. The monoisotopic (exact) mass is 276 g/mol. The minimum Gasteiger partial charge on any atom is -0.454 e. The fourth-order valence-corrected chi connectivity index (χ4v) is 1.93. The van der Waals surface area contributed by atoms with Gasteiger partial charge >= 0.3 is 5.97 Å². The summed E-state index contributed by atoms with van der Waals surface area (Å²) in [5, 5.41) is 0. The van der Waals surface area contributed by atoms with Crippen molar-refractivity contribution in [2.45, 2.75) is 13.0 Å². The Bertz CT molecular complexity index is 576. The van der Waals surface area contributed by atoms with E-state index >= 15 is 0 Å². The molecule has 1 aliphatic heterocycles. The summed E-state index contributed by atoms with van der Waals surface area (Å²) in [6.07, 6.45) is 0. The number of carbonyl (C=O) groups is 4. The zero-order valence-electron chi connectivity index (χ0n) is 10.7. The fourth-order valence-electron chi connectivity index (χ4n) is 1.93. The van der Waals surface area contributed by atoms with Gasteiger partial charge in [0.1, 0.15) is 6.04 Å². The zero-order valence-corrected chi connectivity index (χ0v) is 10.7. The molecule has 7 heteroatoms. The van der Waals surface area contributed by atoms with Crippen molar-refractivity contribution >= 4 is 23.7 Å². The van der Waals surface area contributed by atoms with E-state index in [0.29, 0.717) is 0 Å². The Balaban J connectivity index is 2.19. The first-order valence-corrected chi connectivity index (χ1v) is 5.85. The number of amides is 3. The number of nitrogens with zero attached hydrogens (tertiary/aromatic N) is 1. The van der Waals surface area contributed by atoms with Gasteiger partial charge in [-0.3, -0.25) is 19.3 Å². The summed E-state index contributed by atoms with van der Waals surface area (Å²) >= 11 is 0. The highest BCUT2D eigenvalue weighted by Gasteiger charge is 2.41. The predicted molar refractivity (Wildman–Crippen MR) is 66.6 cm³/mol. The molecule has 7 nitrogen and oxygen atoms in total. The molecule has 0 fully saturated rings. The van der Waals surface area contributed by atoms with Gasteiger partial charge < -0.3 is 10.5 Å². The molecule has 1 heterocycles. The first kappa shape index (κ1) is 13.7. The second kappa shape index (κ2) is 5.12. The maximum Gasteiger partial charge on any atom is 0.329 e. The largest absolute Gasteiger partial charge is 0.454 e. The fraction of sp³-hybridized carbons (Fsp3) is 0.231. The molecule has 1 aliphatic rings. The first-order valence-electron chi connectivity index (χ1n) is 5.85. The maximum atomic E-state index is 12.1. The minimum absolute atomic E-state index is 0.243. The third kappa shape index (κ3) is 2.25. The Morgan fingerprint density at radius 1 is 1.20 bits per heavy atom. The summed E-state index contributed by atoms with van der Waals surface area (Å²) < 4.78 is 4.61. The van der Waals surface area contributed by atoms with Crippen molar-refractivity contribution in [2.24, 2.45) is 5.73 Å². The highest BCUT2D eigenvalue weighted by atomic mass is 16.5. The number of fused-ring (bicyclic) bond motifs is 1. The van der Waals surface area contributed by atoms with Crippen LogP contribution in [0, 0.1) is 0 Å². The summed E-state index contributed by atoms with van der Waals surface area (Å²) in [5.41, 5.74) is 5.34. The summed E-state index contributed by atoms with van der Waals surface area (Å²) in [5.74, 6) is -2.80. The number of hydrogen-bond acceptors (Lipinski definition) is 5. The standard InChI is InChI=1S/C13H12N2O5/c1-7(13(19)20-6-10(14)16)15-11(17)8-4-2-3-5-9(8)12(15)18/h2-5,7H,6H2,1H3,(H2,14,16)/t7-/m1/s1. The van der Waals surface area contributed by atoms with Crippen molar-refractivity contribution < 1.29 is 23.9 Å². The van der Waals surface area contributed by atoms with Crippen LogP contribution in [0.4, 0.5) is 0 Å². The average Bonchev–Trinajstić information content (AvgIpc) is 2.68. The van der Waals surface area contributed by atoms with Gasteiger partial charge in [0, 0.05) is 0 Å². The molecule has 2 rings (SSSR count). The molecule has 20 heavy (non-hydrogen) atoms. The topological polar surface area (TPSA) is 107 Å². The van der Waals surface area contributed by atoms with Crippen LogP contribution >= 0.6 is 0 Å². The van der Waals surface area contributed by atoms with E-state index in [4.69, 9.17) is 5.73 Å². The summed E-state index contributed by atoms with van der Waals surface area (Å²) in [4.78, 5) is 47.3. The van der Waals surface area contributed by atoms with Crippen LogP contribution in [0.1, 0.15) is 27.6 Å². The molecular weight excluding hydrogens is 264 g/mol. The molecule has 104 valence electrons. The van der Waals surface area contributed by atoms with Crippen LogP contribution in [0.5, 0.6) is 0 Å². The molecule has 2 N–H and O–H groups in total. The molecule has 0 aromatic heterocycles. The summed E-state index contributed by atoms with van der Waals surface area (Å²) in [6, 6.07) is 5.16. The van der Waals surface area contributed by atoms with E-state index in [1.807, 2.05) is 0 Å². The van der Waals surface area contributed by atoms with Gasteiger partial charge in [-0.25, -0.2) is 4.79 Å². The van der Waals surface area contributed by atoms with Crippen LogP contribution < -0.4 is 5.73 Å². The summed E-state index contributed by atoms with van der Waals surface area (Å²) in [7, 11) is 0. The van der Waals surface area contributed by atoms with Crippen LogP contribution in [0.15, 0.2) is 24.3 Å². The Hall–Kier alpha value is -2.70. The van der Waals surface area contributed by atoms with Crippen LogP contribution in [-0.4, -0.2) is 41.2 Å². The van der Waals surface area contributed by atoms with E-state index < -0.39 is 36.3 Å². The van der Waals surface area contributed by atoms with Crippen molar-refractivity contribution in [2.75, 3.05) is 6.61 Å². The van der Waals surface area contributed by atoms with E-state index in [0.717, 1.165) is 4.90 Å². The Labute approximate surface area is 114 Å². The number of nitrogens with two attached hydrogens (primary N) is 1. The molecule has 0 spiro atoms. The van der Waals surface area contributed by atoms with Crippen molar-refractivity contribution in [3.8, 4) is 0 Å². The molecule has 0 saturated carbocycles. The molecule has 0 unspecified atom stereocenters. The smallest absolute Gasteiger partial charge is 0.329 e. The zero-order chi connectivity index (χ0) is 14.9. The molecular formula is C13H12N2O5. The molecule has 1 atom stereocenters. The van der Waals surface area contributed by atoms with E-state index in [2.05, 4.69) is 4.74 Å². The SMILES string of the molecule is C[C@H](C(=O)OCC(N)=O)N1C(=O)c2ccccc2C1=O. The normalized spacial score (nSPS) is 14.9. The van der Waals surface area contributed by atoms with E-state index in [-0.39, 0.29) is 11.1 Å². The van der Waals surface area contributed by atoms with Gasteiger partial charge in [0.15, 0.2) is 6.61 Å². The molecule has 0 aliphatic carbocycles. The third-order valence-corrected chi connectivity index (χ3v) is 2.91. The Morgan fingerprint density at radius 2 is 1.70 bits per heavy atom. The lowest BCUT2D eigenvalue weighted by atomic mass is 10.1. The van der Waals surface area contributed by atoms with Crippen LogP contribution in [0.2, 0.25) is 0 Å². The van der Waals surface area contributed by atoms with E-state index in [1.54, 1.807) is 12.1 Å². The van der Waals surface area contributed by atoms with Gasteiger partial charge in [-0.2, -0.15) is 0 Å². The minimum atomic E-state index is -1.12. The Kier molecular flexibility index (Phi) is 3.51. The number of benzene rings is 1. The van der Waals surface area contributed by atoms with Gasteiger partial charge in [-0.15, -0.1) is 0 Å². The second-order valence-electron chi connectivity index (χ2n) is 4.28. The van der Waals surface area contributed by atoms with Crippen molar-refractivity contribution in [1.82, 2.24) is 4.90 Å². The third-order valence-electron chi connectivity index (χ3n) is 2.91. The quantitative estimate of drug-likeness (QED) is 0.600. The predicted octanol–water partition coefficient (Wildman–Crippen LogP) is -0.300. The number of ether oxygens (including phenoxy) is 1. The molecule has 0 bridgehead atoms. The van der Waals surface area contributed by atoms with Gasteiger partial charge in [0.25, 0.3) is 17.7 Å². The van der Waals surface area contributed by atoms with Crippen LogP contribution in [-0.2, 0) is 14.3 Å². The molecule has 0 saturated heterocycles. The van der Waals surface area contributed by atoms with E-state index in [9.17, 15) is 19.2 Å². The van der Waals surface area contributed by atoms with Crippen molar-refractivity contribution in [3.63, 3.8) is 0 Å². The number of carbonyl (C=O) groups excluding carboxylic acids is 4. The lowest BCUT2D eigenvalue weighted by Crippen LogP contribution is -2.44. The molecule has 1 aromatic rings. The van der Waals surface area contributed by atoms with Crippen LogP contribution in [0.3, 0.4) is 0 Å². The first-order chi connectivity index (χ1) is 9.43. The Morgan fingerprint density at radius 3 is 2.15 bits per heavy atom. The second-order valence-corrected chi connectivity index (χ2v) is 4.28. The number of imide groups is 1. The van der Waals surface area contributed by atoms with Gasteiger partial charge in [-0.05, 0) is 19.1 Å². The molecule has 0 radical (unpaired) electrons. The molecule has 1 aromatic carbocycles. The van der Waals surface area contributed by atoms with Gasteiger partial charge in [0.2, 0.25) is 0 Å². The van der Waals surface area contributed by atoms with Gasteiger partial charge in [-0.1, -0.05) is 12.1 Å². The van der Waals surface area contributed by atoms with Crippen LogP contribution in [0.25, 0.3) is 0 Å². The van der Waals surface area contributed by atoms with Crippen molar-refractivity contribution in [3.05, 3.63) is 35.4 Å². The number of hydrogen-bond donors (Lipinski definition) is 1. The number of primary amides is 1. The van der Waals surface area contributed by atoms with Gasteiger partial charge in [0.05, 0.1) is 11.1 Å².